The highest BCUT2D eigenvalue weighted by atomic mass is 16.7. The number of hydrogen-bond donors (Lipinski definition) is 1. The van der Waals surface area contributed by atoms with Crippen molar-refractivity contribution in [2.24, 2.45) is 5.92 Å². The van der Waals surface area contributed by atoms with Gasteiger partial charge in [-0.25, -0.2) is 0 Å². The first-order chi connectivity index (χ1) is 9.99. The lowest BCUT2D eigenvalue weighted by Gasteiger charge is -2.22. The number of nitrogens with zero attached hydrogens (tertiary/aromatic N) is 1. The van der Waals surface area contributed by atoms with Gasteiger partial charge in [-0.2, -0.15) is 0 Å². The number of carbonyl (C=O) groups is 2. The maximum Gasteiger partial charge on any atom is 0.231 e. The fourth-order valence-electron chi connectivity index (χ4n) is 2.02. The first-order valence-corrected chi connectivity index (χ1v) is 6.94. The molecule has 1 aliphatic heterocycles. The molecule has 2 rings (SSSR count). The molecule has 21 heavy (non-hydrogen) atoms. The second-order valence-corrected chi connectivity index (χ2v) is 5.15. The quantitative estimate of drug-likeness (QED) is 0.894. The highest BCUT2D eigenvalue weighted by molar-refractivity contribution is 5.92. The van der Waals surface area contributed by atoms with Crippen molar-refractivity contribution in [1.29, 1.82) is 0 Å². The Morgan fingerprint density at radius 3 is 2.67 bits per heavy atom. The van der Waals surface area contributed by atoms with Crippen LogP contribution in [-0.2, 0) is 9.59 Å². The number of benzene rings is 1. The van der Waals surface area contributed by atoms with Crippen LogP contribution in [0.1, 0.15) is 20.8 Å². The minimum absolute atomic E-state index is 0.0239. The Hall–Kier alpha value is -2.24. The van der Waals surface area contributed by atoms with E-state index in [4.69, 9.17) is 9.47 Å². The molecular weight excluding hydrogens is 272 g/mol. The molecule has 0 radical (unpaired) electrons. The Bertz CT molecular complexity index is 542. The predicted octanol–water partition coefficient (Wildman–Crippen LogP) is 1.54. The van der Waals surface area contributed by atoms with E-state index in [1.54, 1.807) is 23.1 Å². The summed E-state index contributed by atoms with van der Waals surface area (Å²) in [4.78, 5) is 24.9. The lowest BCUT2D eigenvalue weighted by Crippen LogP contribution is -2.38. The number of nitrogens with one attached hydrogen (secondary N) is 1. The van der Waals surface area contributed by atoms with Crippen LogP contribution in [0.3, 0.4) is 0 Å². The first kappa shape index (κ1) is 15.2. The topological polar surface area (TPSA) is 67.9 Å². The number of amides is 2. The van der Waals surface area contributed by atoms with Crippen LogP contribution >= 0.6 is 0 Å². The molecule has 1 N–H and O–H groups in total. The van der Waals surface area contributed by atoms with E-state index in [1.807, 2.05) is 13.8 Å². The Morgan fingerprint density at radius 1 is 1.29 bits per heavy atom. The smallest absolute Gasteiger partial charge is 0.231 e. The van der Waals surface area contributed by atoms with Crippen LogP contribution in [0.5, 0.6) is 11.5 Å². The molecule has 2 amide bonds. The van der Waals surface area contributed by atoms with E-state index in [0.29, 0.717) is 24.6 Å². The van der Waals surface area contributed by atoms with E-state index < -0.39 is 0 Å². The lowest BCUT2D eigenvalue weighted by atomic mass is 10.2. The van der Waals surface area contributed by atoms with E-state index in [0.717, 1.165) is 5.69 Å². The maximum absolute atomic E-state index is 11.8. The van der Waals surface area contributed by atoms with Crippen LogP contribution < -0.4 is 19.7 Å². The number of rotatable bonds is 5. The Kier molecular flexibility index (Phi) is 4.67. The molecule has 6 nitrogen and oxygen atoms in total. The first-order valence-electron chi connectivity index (χ1n) is 6.94. The van der Waals surface area contributed by atoms with Crippen molar-refractivity contribution in [2.45, 2.75) is 20.8 Å². The van der Waals surface area contributed by atoms with Crippen molar-refractivity contribution in [2.75, 3.05) is 24.8 Å². The van der Waals surface area contributed by atoms with Crippen LogP contribution in [0.2, 0.25) is 0 Å². The second kappa shape index (κ2) is 6.47. The van der Waals surface area contributed by atoms with Gasteiger partial charge in [0.1, 0.15) is 0 Å². The molecule has 0 bridgehead atoms. The molecule has 0 aliphatic carbocycles. The van der Waals surface area contributed by atoms with Gasteiger partial charge in [0, 0.05) is 37.7 Å². The van der Waals surface area contributed by atoms with Crippen LogP contribution in [0, 0.1) is 5.92 Å². The summed E-state index contributed by atoms with van der Waals surface area (Å²) in [7, 11) is 0. The monoisotopic (exact) mass is 292 g/mol. The van der Waals surface area contributed by atoms with E-state index in [2.05, 4.69) is 5.32 Å². The van der Waals surface area contributed by atoms with Gasteiger partial charge in [0.25, 0.3) is 0 Å². The van der Waals surface area contributed by atoms with Gasteiger partial charge in [-0.05, 0) is 12.1 Å². The summed E-state index contributed by atoms with van der Waals surface area (Å²) in [5, 5.41) is 2.80. The van der Waals surface area contributed by atoms with Gasteiger partial charge in [-0.3, -0.25) is 9.59 Å². The molecule has 0 saturated carbocycles. The van der Waals surface area contributed by atoms with Gasteiger partial charge in [0.15, 0.2) is 11.5 Å². The molecule has 0 saturated heterocycles. The van der Waals surface area contributed by atoms with Crippen LogP contribution in [0.25, 0.3) is 0 Å². The minimum atomic E-state index is -0.0901. The standard InChI is InChI=1S/C15H20N2O4/c1-10(2)15(19)16-6-7-17(11(3)18)12-4-5-13-14(8-12)21-9-20-13/h4-5,8,10H,6-7,9H2,1-3H3,(H,16,19). The zero-order chi connectivity index (χ0) is 15.4. The van der Waals surface area contributed by atoms with Gasteiger partial charge in [0.2, 0.25) is 18.6 Å². The molecule has 0 unspecified atom stereocenters. The number of fused-ring (bicyclic) bond motifs is 1. The fraction of sp³-hybridized carbons (Fsp3) is 0.467. The van der Waals surface area contributed by atoms with Crippen molar-refractivity contribution >= 4 is 17.5 Å². The van der Waals surface area contributed by atoms with Crippen molar-refractivity contribution in [1.82, 2.24) is 5.32 Å². The number of anilines is 1. The third-order valence-electron chi connectivity index (χ3n) is 3.21. The molecule has 0 spiro atoms. The van der Waals surface area contributed by atoms with Crippen molar-refractivity contribution in [3.63, 3.8) is 0 Å². The molecule has 0 fully saturated rings. The molecule has 1 aromatic rings. The summed E-state index contributed by atoms with van der Waals surface area (Å²) in [6.45, 7) is 6.17. The van der Waals surface area contributed by atoms with E-state index in [-0.39, 0.29) is 24.5 Å². The van der Waals surface area contributed by atoms with Crippen LogP contribution in [0.4, 0.5) is 5.69 Å². The SMILES string of the molecule is CC(=O)N(CCNC(=O)C(C)C)c1ccc2c(c1)OCO2. The average Bonchev–Trinajstić information content (AvgIpc) is 2.89. The Balaban J connectivity index is 2.02. The van der Waals surface area contributed by atoms with Crippen molar-refractivity contribution < 1.29 is 19.1 Å². The summed E-state index contributed by atoms with van der Waals surface area (Å²) < 4.78 is 10.6. The van der Waals surface area contributed by atoms with E-state index in [9.17, 15) is 9.59 Å². The average molecular weight is 292 g/mol. The fourth-order valence-corrected chi connectivity index (χ4v) is 2.02. The van der Waals surface area contributed by atoms with Crippen molar-refractivity contribution in [3.05, 3.63) is 18.2 Å². The molecule has 1 aliphatic rings. The zero-order valence-electron chi connectivity index (χ0n) is 12.5. The number of carbonyl (C=O) groups excluding carboxylic acids is 2. The van der Waals surface area contributed by atoms with Gasteiger partial charge in [-0.15, -0.1) is 0 Å². The second-order valence-electron chi connectivity index (χ2n) is 5.15. The normalized spacial score (nSPS) is 12.4. The summed E-state index contributed by atoms with van der Waals surface area (Å²) in [5.41, 5.74) is 0.727. The van der Waals surface area contributed by atoms with Gasteiger partial charge in [-0.1, -0.05) is 13.8 Å². The van der Waals surface area contributed by atoms with Crippen LogP contribution in [-0.4, -0.2) is 31.7 Å². The zero-order valence-corrected chi connectivity index (χ0v) is 12.5. The van der Waals surface area contributed by atoms with Crippen molar-refractivity contribution in [3.8, 4) is 11.5 Å². The summed E-state index contributed by atoms with van der Waals surface area (Å²) in [6, 6.07) is 5.35. The molecule has 0 aromatic heterocycles. The predicted molar refractivity (Wildman–Crippen MR) is 78.4 cm³/mol. The highest BCUT2D eigenvalue weighted by Gasteiger charge is 2.18. The molecule has 0 atom stereocenters. The summed E-state index contributed by atoms with van der Waals surface area (Å²) in [5.74, 6) is 1.12. The molecule has 1 aromatic carbocycles. The third kappa shape index (κ3) is 3.65. The van der Waals surface area contributed by atoms with E-state index in [1.165, 1.54) is 6.92 Å². The Labute approximate surface area is 124 Å². The molecule has 6 heteroatoms. The van der Waals surface area contributed by atoms with E-state index >= 15 is 0 Å². The molecular formula is C15H20N2O4. The molecule has 1 heterocycles. The maximum atomic E-state index is 11.8. The number of ether oxygens (including phenoxy) is 2. The van der Waals surface area contributed by atoms with Crippen LogP contribution in [0.15, 0.2) is 18.2 Å². The van der Waals surface area contributed by atoms with Gasteiger partial charge in [0.05, 0.1) is 0 Å². The highest BCUT2D eigenvalue weighted by Crippen LogP contribution is 2.35. The summed E-state index contributed by atoms with van der Waals surface area (Å²) >= 11 is 0. The Morgan fingerprint density at radius 2 is 2.00 bits per heavy atom. The lowest BCUT2D eigenvalue weighted by molar-refractivity contribution is -0.124. The summed E-state index contributed by atoms with van der Waals surface area (Å²) in [6.07, 6.45) is 0. The number of hydrogen-bond acceptors (Lipinski definition) is 4. The molecule has 114 valence electrons. The minimum Gasteiger partial charge on any atom is -0.454 e. The third-order valence-corrected chi connectivity index (χ3v) is 3.21. The largest absolute Gasteiger partial charge is 0.454 e. The van der Waals surface area contributed by atoms with Gasteiger partial charge >= 0.3 is 0 Å². The van der Waals surface area contributed by atoms with Gasteiger partial charge < -0.3 is 19.7 Å².